The van der Waals surface area contributed by atoms with Crippen molar-refractivity contribution < 1.29 is 50.7 Å². The molecule has 10 nitrogen and oxygen atoms in total. The maximum absolute atomic E-state index is 14.9. The maximum Gasteiger partial charge on any atom is 0.405 e. The van der Waals surface area contributed by atoms with Crippen LogP contribution in [0.4, 0.5) is 22.0 Å². The number of aromatic nitrogens is 1. The topological polar surface area (TPSA) is 144 Å². The van der Waals surface area contributed by atoms with Crippen LogP contribution < -0.4 is 20.7 Å². The molecule has 0 aliphatic heterocycles. The number of halogens is 6. The normalized spacial score (nSPS) is 14.9. The Hall–Kier alpha value is -4.92. The largest absolute Gasteiger partial charge is 0.497 e. The third kappa shape index (κ3) is 10.3. The lowest BCUT2D eigenvalue weighted by atomic mass is 9.86. The molecule has 50 heavy (non-hydrogen) atoms. The summed E-state index contributed by atoms with van der Waals surface area (Å²) in [5.74, 6) is -13.9. The van der Waals surface area contributed by atoms with Crippen LogP contribution in [0.1, 0.15) is 46.9 Å². The highest BCUT2D eigenvalue weighted by Gasteiger charge is 2.54. The number of benzene rings is 2. The second kappa shape index (κ2) is 16.2. The Morgan fingerprint density at radius 3 is 2.22 bits per heavy atom. The summed E-state index contributed by atoms with van der Waals surface area (Å²) >= 11 is 6.13. The number of nitrogens with zero attached hydrogens (tertiary/aromatic N) is 1. The number of pyridine rings is 1. The summed E-state index contributed by atoms with van der Waals surface area (Å²) in [6.07, 6.45) is -4.10. The summed E-state index contributed by atoms with van der Waals surface area (Å²) in [6, 6.07) is 13.9. The predicted octanol–water partition coefficient (Wildman–Crippen LogP) is 4.81. The van der Waals surface area contributed by atoms with Crippen molar-refractivity contribution in [1.82, 2.24) is 20.9 Å². The fraction of sp³-hybridized carbons (Fsp3) is 0.353. The van der Waals surface area contributed by atoms with E-state index in [4.69, 9.17) is 16.3 Å². The van der Waals surface area contributed by atoms with Gasteiger partial charge in [0.1, 0.15) is 30.1 Å². The highest BCUT2D eigenvalue weighted by Crippen LogP contribution is 2.42. The van der Waals surface area contributed by atoms with E-state index in [1.54, 1.807) is 36.4 Å². The Bertz CT molecular complexity index is 1700. The molecule has 0 radical (unpaired) electrons. The van der Waals surface area contributed by atoms with E-state index < -0.39 is 78.3 Å². The number of carbonyl (C=O) groups excluding carboxylic acids is 5. The maximum atomic E-state index is 14.9. The second-order valence-corrected chi connectivity index (χ2v) is 12.1. The zero-order chi connectivity index (χ0) is 36.6. The van der Waals surface area contributed by atoms with E-state index >= 15 is 0 Å². The molecule has 3 atom stereocenters. The van der Waals surface area contributed by atoms with Gasteiger partial charge in [-0.15, -0.1) is 0 Å². The fourth-order valence-electron chi connectivity index (χ4n) is 5.17. The molecule has 2 aromatic carbocycles. The van der Waals surface area contributed by atoms with E-state index in [-0.39, 0.29) is 30.5 Å². The summed E-state index contributed by atoms with van der Waals surface area (Å²) in [4.78, 5) is 69.8. The zero-order valence-electron chi connectivity index (χ0n) is 26.4. The number of Topliss-reactive ketones (excluding diaryl/α,β-unsaturated/α-hetero) is 2. The fourth-order valence-corrected chi connectivity index (χ4v) is 5.38. The van der Waals surface area contributed by atoms with Crippen molar-refractivity contribution in [2.24, 2.45) is 11.8 Å². The summed E-state index contributed by atoms with van der Waals surface area (Å²) in [6.45, 7) is -2.08. The highest BCUT2D eigenvalue weighted by molar-refractivity contribution is 6.30. The van der Waals surface area contributed by atoms with Crippen LogP contribution in [0.2, 0.25) is 5.02 Å². The van der Waals surface area contributed by atoms with Crippen molar-refractivity contribution >= 4 is 40.9 Å². The van der Waals surface area contributed by atoms with Crippen molar-refractivity contribution in [2.45, 2.75) is 49.9 Å². The SMILES string of the molecule is COc1ccc([C@H](NC(=O)[C@H](Cc2cccc(Cl)c2)NC(=O)c2ccccn2)C(=O)C[C@H](C(=O)C(F)(F)C(=O)NCC(F)(F)F)C2CC2)cc1. The zero-order valence-corrected chi connectivity index (χ0v) is 27.2. The number of amides is 3. The molecule has 1 saturated carbocycles. The Balaban J connectivity index is 1.62. The van der Waals surface area contributed by atoms with Crippen LogP contribution in [0.3, 0.4) is 0 Å². The molecule has 3 aromatic rings. The Labute approximate surface area is 288 Å². The van der Waals surface area contributed by atoms with Crippen LogP contribution in [0, 0.1) is 11.8 Å². The van der Waals surface area contributed by atoms with Crippen LogP contribution in [0.15, 0.2) is 72.9 Å². The molecule has 16 heteroatoms. The number of hydrogen-bond donors (Lipinski definition) is 3. The van der Waals surface area contributed by atoms with Gasteiger partial charge in [0, 0.05) is 30.0 Å². The third-order valence-corrected chi connectivity index (χ3v) is 8.13. The van der Waals surface area contributed by atoms with Crippen LogP contribution >= 0.6 is 11.6 Å². The molecule has 1 fully saturated rings. The Kier molecular flexibility index (Phi) is 12.3. The average molecular weight is 723 g/mol. The number of methoxy groups -OCH3 is 1. The minimum absolute atomic E-state index is 0.00911. The van der Waals surface area contributed by atoms with Gasteiger partial charge in [0.15, 0.2) is 5.78 Å². The van der Waals surface area contributed by atoms with Gasteiger partial charge in [-0.1, -0.05) is 41.9 Å². The minimum Gasteiger partial charge on any atom is -0.497 e. The lowest BCUT2D eigenvalue weighted by Crippen LogP contribution is -2.52. The van der Waals surface area contributed by atoms with Gasteiger partial charge in [0.25, 0.3) is 11.8 Å². The van der Waals surface area contributed by atoms with Gasteiger partial charge in [-0.2, -0.15) is 22.0 Å². The van der Waals surface area contributed by atoms with E-state index in [2.05, 4.69) is 15.6 Å². The first-order valence-corrected chi connectivity index (χ1v) is 15.7. The van der Waals surface area contributed by atoms with E-state index in [0.717, 1.165) is 5.32 Å². The van der Waals surface area contributed by atoms with E-state index in [9.17, 15) is 45.9 Å². The van der Waals surface area contributed by atoms with E-state index in [1.807, 2.05) is 0 Å². The molecule has 4 rings (SSSR count). The van der Waals surface area contributed by atoms with Gasteiger partial charge in [-0.3, -0.25) is 29.0 Å². The van der Waals surface area contributed by atoms with Gasteiger partial charge in [0.05, 0.1) is 7.11 Å². The molecular weight excluding hydrogens is 691 g/mol. The lowest BCUT2D eigenvalue weighted by Gasteiger charge is -2.26. The number of nitrogens with one attached hydrogen (secondary N) is 3. The monoisotopic (exact) mass is 722 g/mol. The van der Waals surface area contributed by atoms with Gasteiger partial charge in [-0.05, 0) is 66.3 Å². The first kappa shape index (κ1) is 37.9. The molecular formula is C34H32ClF5N4O6. The smallest absolute Gasteiger partial charge is 0.405 e. The molecule has 3 amide bonds. The number of ether oxygens (including phenoxy) is 1. The number of alkyl halides is 5. The Morgan fingerprint density at radius 2 is 1.64 bits per heavy atom. The summed E-state index contributed by atoms with van der Waals surface area (Å²) in [5.41, 5.74) is 0.695. The molecule has 0 spiro atoms. The molecule has 1 heterocycles. The summed E-state index contributed by atoms with van der Waals surface area (Å²) in [5, 5.41) is 6.53. The van der Waals surface area contributed by atoms with Crippen molar-refractivity contribution in [1.29, 1.82) is 0 Å². The molecule has 0 bridgehead atoms. The minimum atomic E-state index is -5.01. The van der Waals surface area contributed by atoms with Crippen molar-refractivity contribution in [2.75, 3.05) is 13.7 Å². The van der Waals surface area contributed by atoms with Crippen molar-refractivity contribution in [3.63, 3.8) is 0 Å². The Morgan fingerprint density at radius 1 is 0.940 bits per heavy atom. The quantitative estimate of drug-likeness (QED) is 0.142. The predicted molar refractivity (Wildman–Crippen MR) is 169 cm³/mol. The molecule has 1 aliphatic rings. The van der Waals surface area contributed by atoms with Crippen LogP contribution in [-0.4, -0.2) is 66.1 Å². The van der Waals surface area contributed by atoms with Crippen LogP contribution in [-0.2, 0) is 25.6 Å². The molecule has 0 unspecified atom stereocenters. The van der Waals surface area contributed by atoms with Gasteiger partial charge in [0.2, 0.25) is 11.7 Å². The van der Waals surface area contributed by atoms with Gasteiger partial charge >= 0.3 is 12.1 Å². The first-order chi connectivity index (χ1) is 23.6. The number of hydrogen-bond acceptors (Lipinski definition) is 7. The number of rotatable bonds is 16. The highest BCUT2D eigenvalue weighted by atomic mass is 35.5. The number of ketones is 2. The molecule has 3 N–H and O–H groups in total. The summed E-state index contributed by atoms with van der Waals surface area (Å²) < 4.78 is 72.7. The second-order valence-electron chi connectivity index (χ2n) is 11.6. The van der Waals surface area contributed by atoms with E-state index in [1.165, 1.54) is 43.6 Å². The van der Waals surface area contributed by atoms with Crippen molar-refractivity contribution in [3.8, 4) is 5.75 Å². The third-order valence-electron chi connectivity index (χ3n) is 7.90. The lowest BCUT2D eigenvalue weighted by molar-refractivity contribution is -0.166. The first-order valence-electron chi connectivity index (χ1n) is 15.3. The van der Waals surface area contributed by atoms with Gasteiger partial charge in [-0.25, -0.2) is 0 Å². The molecule has 1 aliphatic carbocycles. The standard InChI is InChI=1S/C34H32ClF5N4O6/c1-50-23-12-10-21(11-13-23)28(27(45)17-24(20-8-9-20)29(46)34(39,40)32(49)42-18-33(36,37)38)44-31(48)26(16-19-5-4-6-22(35)15-19)43-30(47)25-7-2-3-14-41-25/h2-7,10-15,20,24,26,28H,8-9,16-18H2,1H3,(H,42,49)(H,43,47)(H,44,48)/t24-,26-,28-/m0/s1. The van der Waals surface area contributed by atoms with Gasteiger partial charge < -0.3 is 20.7 Å². The van der Waals surface area contributed by atoms with E-state index in [0.29, 0.717) is 16.3 Å². The molecule has 1 aromatic heterocycles. The molecule has 0 saturated heterocycles. The molecule has 266 valence electrons. The van der Waals surface area contributed by atoms with Crippen molar-refractivity contribution in [3.05, 3.63) is 94.8 Å². The average Bonchev–Trinajstić information content (AvgIpc) is 3.93. The van der Waals surface area contributed by atoms with Crippen LogP contribution in [0.5, 0.6) is 5.75 Å². The number of carbonyl (C=O) groups is 5. The summed E-state index contributed by atoms with van der Waals surface area (Å²) in [7, 11) is 1.39. The van der Waals surface area contributed by atoms with Crippen LogP contribution in [0.25, 0.3) is 0 Å².